The molecule has 2 aromatic heterocycles. The van der Waals surface area contributed by atoms with Crippen molar-refractivity contribution in [1.82, 2.24) is 9.97 Å². The van der Waals surface area contributed by atoms with Gasteiger partial charge in [0.15, 0.2) is 0 Å². The van der Waals surface area contributed by atoms with Gasteiger partial charge in [-0.2, -0.15) is 0 Å². The Labute approximate surface area is 93.3 Å². The normalized spacial score (nSPS) is 14.8. The Morgan fingerprint density at radius 3 is 3.12 bits per heavy atom. The van der Waals surface area contributed by atoms with Crippen molar-refractivity contribution >= 4 is 21.8 Å². The molecule has 1 aromatic carbocycles. The summed E-state index contributed by atoms with van der Waals surface area (Å²) in [4.78, 5) is 8.05. The van der Waals surface area contributed by atoms with Gasteiger partial charge in [-0.3, -0.25) is 4.98 Å². The summed E-state index contributed by atoms with van der Waals surface area (Å²) >= 11 is 0. The van der Waals surface area contributed by atoms with E-state index in [0.29, 0.717) is 0 Å². The van der Waals surface area contributed by atoms with Crippen molar-refractivity contribution in [3.63, 3.8) is 0 Å². The van der Waals surface area contributed by atoms with Gasteiger partial charge in [-0.05, 0) is 30.9 Å². The molecule has 1 aliphatic rings. The second kappa shape index (κ2) is 2.85. The molecule has 3 aromatic rings. The van der Waals surface area contributed by atoms with Gasteiger partial charge in [-0.25, -0.2) is 0 Å². The second-order valence-corrected chi connectivity index (χ2v) is 4.50. The highest BCUT2D eigenvalue weighted by molar-refractivity contribution is 6.04. The predicted octanol–water partition coefficient (Wildman–Crippen LogP) is 3.20. The minimum absolute atomic E-state index is 1.11. The third-order valence-corrected chi connectivity index (χ3v) is 3.59. The van der Waals surface area contributed by atoms with Gasteiger partial charge in [0.25, 0.3) is 0 Å². The molecule has 0 unspecified atom stereocenters. The van der Waals surface area contributed by atoms with Crippen molar-refractivity contribution in [1.29, 1.82) is 0 Å². The molecule has 0 saturated carbocycles. The van der Waals surface area contributed by atoms with E-state index in [9.17, 15) is 0 Å². The lowest BCUT2D eigenvalue weighted by molar-refractivity contribution is 0.899. The van der Waals surface area contributed by atoms with Crippen LogP contribution in [0.4, 0.5) is 0 Å². The molecule has 4 rings (SSSR count). The molecule has 1 N–H and O–H groups in total. The number of pyridine rings is 1. The number of nitrogens with zero attached hydrogens (tertiary/aromatic N) is 1. The van der Waals surface area contributed by atoms with Gasteiger partial charge in [0, 0.05) is 22.7 Å². The number of H-pyrrole nitrogens is 1. The SMILES string of the molecule is c1cnc2c(c1)ccc1c3c([nH]c12)CCC3. The highest BCUT2D eigenvalue weighted by Crippen LogP contribution is 2.32. The quantitative estimate of drug-likeness (QED) is 0.603. The summed E-state index contributed by atoms with van der Waals surface area (Å²) in [6.07, 6.45) is 5.57. The van der Waals surface area contributed by atoms with Gasteiger partial charge in [-0.15, -0.1) is 0 Å². The minimum atomic E-state index is 1.11. The highest BCUT2D eigenvalue weighted by Gasteiger charge is 2.17. The molecular weight excluding hydrogens is 196 g/mol. The zero-order valence-corrected chi connectivity index (χ0v) is 8.96. The molecule has 0 atom stereocenters. The lowest BCUT2D eigenvalue weighted by Crippen LogP contribution is -1.82. The number of fused-ring (bicyclic) bond motifs is 5. The first-order chi connectivity index (χ1) is 7.93. The van der Waals surface area contributed by atoms with Crippen molar-refractivity contribution in [3.05, 3.63) is 41.7 Å². The molecule has 2 heteroatoms. The molecule has 0 spiro atoms. The van der Waals surface area contributed by atoms with Crippen LogP contribution in [0.15, 0.2) is 30.5 Å². The fraction of sp³-hybridized carbons (Fsp3) is 0.214. The number of aromatic amines is 1. The minimum Gasteiger partial charge on any atom is -0.356 e. The average molecular weight is 208 g/mol. The lowest BCUT2D eigenvalue weighted by Gasteiger charge is -1.99. The number of aryl methyl sites for hydroxylation is 2. The van der Waals surface area contributed by atoms with Crippen molar-refractivity contribution < 1.29 is 0 Å². The van der Waals surface area contributed by atoms with Crippen LogP contribution in [0.3, 0.4) is 0 Å². The second-order valence-electron chi connectivity index (χ2n) is 4.50. The van der Waals surface area contributed by atoms with E-state index in [4.69, 9.17) is 0 Å². The Balaban J connectivity index is 2.23. The van der Waals surface area contributed by atoms with Gasteiger partial charge < -0.3 is 4.98 Å². The largest absolute Gasteiger partial charge is 0.356 e. The van der Waals surface area contributed by atoms with E-state index < -0.39 is 0 Å². The third-order valence-electron chi connectivity index (χ3n) is 3.59. The zero-order valence-electron chi connectivity index (χ0n) is 8.96. The van der Waals surface area contributed by atoms with E-state index in [-0.39, 0.29) is 0 Å². The Morgan fingerprint density at radius 2 is 2.12 bits per heavy atom. The molecule has 0 fully saturated rings. The summed E-state index contributed by atoms with van der Waals surface area (Å²) < 4.78 is 0. The monoisotopic (exact) mass is 208 g/mol. The molecule has 2 heterocycles. The molecule has 2 nitrogen and oxygen atoms in total. The molecular formula is C14H12N2. The lowest BCUT2D eigenvalue weighted by atomic mass is 10.1. The van der Waals surface area contributed by atoms with Gasteiger partial charge in [0.1, 0.15) is 0 Å². The van der Waals surface area contributed by atoms with Crippen LogP contribution in [0.2, 0.25) is 0 Å². The fourth-order valence-electron chi connectivity index (χ4n) is 2.85. The molecule has 78 valence electrons. The molecule has 16 heavy (non-hydrogen) atoms. The Kier molecular flexibility index (Phi) is 1.48. The third kappa shape index (κ3) is 0.941. The first-order valence-electron chi connectivity index (χ1n) is 5.80. The molecule has 0 aliphatic heterocycles. The summed E-state index contributed by atoms with van der Waals surface area (Å²) in [7, 11) is 0. The van der Waals surface area contributed by atoms with Crippen LogP contribution >= 0.6 is 0 Å². The molecule has 0 saturated heterocycles. The maximum atomic E-state index is 4.49. The standard InChI is InChI=1S/C14H12N2/c1-4-10-11-7-6-9-3-2-8-15-13(9)14(11)16-12(10)5-1/h2-3,6-8,16H,1,4-5H2. The van der Waals surface area contributed by atoms with Crippen LogP contribution < -0.4 is 0 Å². The molecule has 0 radical (unpaired) electrons. The Bertz CT molecular complexity index is 694. The van der Waals surface area contributed by atoms with Crippen LogP contribution in [0, 0.1) is 0 Å². The summed E-state index contributed by atoms with van der Waals surface area (Å²) in [6, 6.07) is 8.52. The van der Waals surface area contributed by atoms with E-state index in [1.54, 1.807) is 0 Å². The molecule has 0 amide bonds. The first-order valence-corrected chi connectivity index (χ1v) is 5.80. The van der Waals surface area contributed by atoms with Crippen molar-refractivity contribution in [3.8, 4) is 0 Å². The van der Waals surface area contributed by atoms with Gasteiger partial charge >= 0.3 is 0 Å². The van der Waals surface area contributed by atoms with E-state index in [2.05, 4.69) is 28.2 Å². The Hall–Kier alpha value is -1.83. The number of aromatic nitrogens is 2. The van der Waals surface area contributed by atoms with Crippen LogP contribution in [0.1, 0.15) is 17.7 Å². The average Bonchev–Trinajstić information content (AvgIpc) is 2.88. The maximum absolute atomic E-state index is 4.49. The number of hydrogen-bond donors (Lipinski definition) is 1. The van der Waals surface area contributed by atoms with Crippen molar-refractivity contribution in [2.45, 2.75) is 19.3 Å². The summed E-state index contributed by atoms with van der Waals surface area (Å²) in [5.41, 5.74) is 5.27. The summed E-state index contributed by atoms with van der Waals surface area (Å²) in [5.74, 6) is 0. The molecule has 0 bridgehead atoms. The zero-order chi connectivity index (χ0) is 10.5. The Morgan fingerprint density at radius 1 is 1.12 bits per heavy atom. The maximum Gasteiger partial charge on any atom is 0.0942 e. The topological polar surface area (TPSA) is 28.7 Å². The van der Waals surface area contributed by atoms with Gasteiger partial charge in [-0.1, -0.05) is 18.2 Å². The van der Waals surface area contributed by atoms with Crippen molar-refractivity contribution in [2.75, 3.05) is 0 Å². The number of nitrogens with one attached hydrogen (secondary N) is 1. The van der Waals surface area contributed by atoms with Crippen LogP contribution in [-0.2, 0) is 12.8 Å². The summed E-state index contributed by atoms with van der Waals surface area (Å²) in [6.45, 7) is 0. The van der Waals surface area contributed by atoms with Gasteiger partial charge in [0.05, 0.1) is 11.0 Å². The van der Waals surface area contributed by atoms with Crippen LogP contribution in [0.5, 0.6) is 0 Å². The van der Waals surface area contributed by atoms with E-state index in [1.807, 2.05) is 12.3 Å². The van der Waals surface area contributed by atoms with E-state index >= 15 is 0 Å². The van der Waals surface area contributed by atoms with Gasteiger partial charge in [0.2, 0.25) is 0 Å². The molecule has 1 aliphatic carbocycles. The smallest absolute Gasteiger partial charge is 0.0942 e. The first kappa shape index (κ1) is 8.34. The fourth-order valence-corrected chi connectivity index (χ4v) is 2.85. The predicted molar refractivity (Wildman–Crippen MR) is 65.6 cm³/mol. The van der Waals surface area contributed by atoms with Crippen LogP contribution in [-0.4, -0.2) is 9.97 Å². The number of hydrogen-bond acceptors (Lipinski definition) is 1. The van der Waals surface area contributed by atoms with Crippen LogP contribution in [0.25, 0.3) is 21.8 Å². The van der Waals surface area contributed by atoms with E-state index in [1.165, 1.54) is 46.8 Å². The number of benzene rings is 1. The highest BCUT2D eigenvalue weighted by atomic mass is 14.8. The van der Waals surface area contributed by atoms with E-state index in [0.717, 1.165) is 5.52 Å². The van der Waals surface area contributed by atoms with Crippen molar-refractivity contribution in [2.24, 2.45) is 0 Å². The number of rotatable bonds is 0. The summed E-state index contributed by atoms with van der Waals surface area (Å²) in [5, 5.41) is 2.59.